The van der Waals surface area contributed by atoms with E-state index in [9.17, 15) is 0 Å². The molecule has 0 saturated carbocycles. The monoisotopic (exact) mass is 485 g/mol. The molecule has 0 fully saturated rings. The van der Waals surface area contributed by atoms with Crippen molar-refractivity contribution >= 4 is 0 Å². The lowest BCUT2D eigenvalue weighted by atomic mass is 9.70. The van der Waals surface area contributed by atoms with Gasteiger partial charge in [-0.1, -0.05) is 115 Å². The van der Waals surface area contributed by atoms with Crippen molar-refractivity contribution < 1.29 is 0 Å². The van der Waals surface area contributed by atoms with Gasteiger partial charge in [-0.05, 0) is 57.5 Å². The van der Waals surface area contributed by atoms with Gasteiger partial charge in [-0.15, -0.1) is 0 Å². The second-order valence-electron chi connectivity index (χ2n) is 10.0. The van der Waals surface area contributed by atoms with Gasteiger partial charge in [0.05, 0.1) is 5.41 Å². The molecule has 0 bridgehead atoms. The molecule has 6 aromatic rings. The summed E-state index contributed by atoms with van der Waals surface area (Å²) >= 11 is 0. The smallest absolute Gasteiger partial charge is 0.163 e. The molecular weight excluding hydrogens is 462 g/mol. The van der Waals surface area contributed by atoms with E-state index in [1.165, 1.54) is 44.5 Å². The van der Waals surface area contributed by atoms with Crippen LogP contribution in [0.3, 0.4) is 0 Å². The quantitative estimate of drug-likeness (QED) is 0.250. The minimum atomic E-state index is -0.376. The van der Waals surface area contributed by atoms with E-state index in [0.29, 0.717) is 17.5 Å². The van der Waals surface area contributed by atoms with Crippen molar-refractivity contribution in [1.29, 1.82) is 0 Å². The lowest BCUT2D eigenvalue weighted by Crippen LogP contribution is -2.25. The summed E-state index contributed by atoms with van der Waals surface area (Å²) in [6.45, 7) is 1.94. The molecule has 0 atom stereocenters. The molecule has 0 amide bonds. The zero-order valence-corrected chi connectivity index (χ0v) is 20.9. The third-order valence-electron chi connectivity index (χ3n) is 8.03. The minimum absolute atomic E-state index is 0.376. The third kappa shape index (κ3) is 2.76. The van der Waals surface area contributed by atoms with Crippen LogP contribution in [-0.2, 0) is 5.41 Å². The van der Waals surface area contributed by atoms with E-state index in [-0.39, 0.29) is 5.41 Å². The van der Waals surface area contributed by atoms with Crippen LogP contribution in [0.1, 0.15) is 28.1 Å². The van der Waals surface area contributed by atoms with Gasteiger partial charge >= 0.3 is 0 Å². The topological polar surface area (TPSA) is 38.7 Å². The third-order valence-corrected chi connectivity index (χ3v) is 8.03. The highest BCUT2D eigenvalue weighted by Gasteiger charge is 2.51. The van der Waals surface area contributed by atoms with E-state index in [0.717, 1.165) is 11.1 Å². The van der Waals surface area contributed by atoms with Gasteiger partial charge in [-0.3, -0.25) is 0 Å². The van der Waals surface area contributed by atoms with Gasteiger partial charge < -0.3 is 0 Å². The molecule has 0 unspecified atom stereocenters. The molecular formula is C35H23N3. The summed E-state index contributed by atoms with van der Waals surface area (Å²) in [4.78, 5) is 14.4. The van der Waals surface area contributed by atoms with E-state index in [2.05, 4.69) is 96.0 Å². The fraction of sp³-hybridized carbons (Fsp3) is 0.0571. The lowest BCUT2D eigenvalue weighted by Gasteiger charge is -2.30. The van der Waals surface area contributed by atoms with Gasteiger partial charge in [-0.25, -0.2) is 15.0 Å². The summed E-state index contributed by atoms with van der Waals surface area (Å²) in [5.74, 6) is 2.11. The number of fused-ring (bicyclic) bond motifs is 10. The van der Waals surface area contributed by atoms with Crippen LogP contribution in [0, 0.1) is 6.92 Å². The molecule has 0 aliphatic heterocycles. The van der Waals surface area contributed by atoms with Gasteiger partial charge in [0.1, 0.15) is 5.82 Å². The Morgan fingerprint density at radius 3 is 1.47 bits per heavy atom. The molecule has 1 aromatic heterocycles. The van der Waals surface area contributed by atoms with Crippen LogP contribution >= 0.6 is 0 Å². The Kier molecular flexibility index (Phi) is 4.36. The average molecular weight is 486 g/mol. The summed E-state index contributed by atoms with van der Waals surface area (Å²) in [7, 11) is 0. The fourth-order valence-corrected chi connectivity index (χ4v) is 6.56. The zero-order valence-electron chi connectivity index (χ0n) is 20.9. The first kappa shape index (κ1) is 21.2. The summed E-state index contributed by atoms with van der Waals surface area (Å²) < 4.78 is 0. The summed E-state index contributed by atoms with van der Waals surface area (Å²) in [5, 5.41) is 0. The first-order valence-corrected chi connectivity index (χ1v) is 13.0. The van der Waals surface area contributed by atoms with E-state index in [1.54, 1.807) is 0 Å². The molecule has 1 heterocycles. The molecule has 0 N–H and O–H groups in total. The van der Waals surface area contributed by atoms with Crippen molar-refractivity contribution in [3.05, 3.63) is 149 Å². The van der Waals surface area contributed by atoms with E-state index < -0.39 is 0 Å². The van der Waals surface area contributed by atoms with E-state index in [4.69, 9.17) is 9.97 Å². The van der Waals surface area contributed by atoms with Crippen LogP contribution in [-0.4, -0.2) is 15.0 Å². The van der Waals surface area contributed by atoms with Gasteiger partial charge in [0.2, 0.25) is 0 Å². The van der Waals surface area contributed by atoms with E-state index in [1.807, 2.05) is 37.3 Å². The number of aromatic nitrogens is 3. The number of aryl methyl sites for hydroxylation is 1. The molecule has 2 aliphatic carbocycles. The summed E-state index contributed by atoms with van der Waals surface area (Å²) in [6, 6.07) is 43.4. The van der Waals surface area contributed by atoms with Crippen molar-refractivity contribution in [2.24, 2.45) is 0 Å². The Morgan fingerprint density at radius 1 is 0.421 bits per heavy atom. The molecule has 3 nitrogen and oxygen atoms in total. The Balaban J connectivity index is 1.42. The highest BCUT2D eigenvalue weighted by Crippen LogP contribution is 2.62. The van der Waals surface area contributed by atoms with Crippen LogP contribution in [0.15, 0.2) is 121 Å². The van der Waals surface area contributed by atoms with Gasteiger partial charge in [0, 0.05) is 11.1 Å². The van der Waals surface area contributed by atoms with Crippen molar-refractivity contribution in [3.63, 3.8) is 0 Å². The first-order valence-electron chi connectivity index (χ1n) is 13.0. The Labute approximate surface area is 221 Å². The average Bonchev–Trinajstić information content (AvgIpc) is 3.44. The Bertz CT molecular complexity index is 1820. The van der Waals surface area contributed by atoms with Crippen molar-refractivity contribution in [2.75, 3.05) is 0 Å². The molecule has 0 radical (unpaired) electrons. The number of benzene rings is 5. The summed E-state index contributed by atoms with van der Waals surface area (Å²) in [5.41, 5.74) is 12.1. The fourth-order valence-electron chi connectivity index (χ4n) is 6.56. The highest BCUT2D eigenvalue weighted by atomic mass is 15.0. The maximum atomic E-state index is 4.93. The first-order chi connectivity index (χ1) is 18.7. The number of nitrogens with zero attached hydrogens (tertiary/aromatic N) is 3. The normalized spacial score (nSPS) is 13.6. The predicted molar refractivity (Wildman–Crippen MR) is 152 cm³/mol. The SMILES string of the molecule is Cc1nc(-c2ccccc2)nc(-c2ccc3c(c2)C2(c4ccccc4-c4ccccc42)c2ccccc2-3)n1. The van der Waals surface area contributed by atoms with Gasteiger partial charge in [0.25, 0.3) is 0 Å². The maximum absolute atomic E-state index is 4.93. The molecule has 38 heavy (non-hydrogen) atoms. The Morgan fingerprint density at radius 2 is 0.895 bits per heavy atom. The second kappa shape index (κ2) is 7.80. The standard InChI is InChI=1S/C35H23N3/c1-22-36-33(23-11-3-2-4-12-23)38-34(37-22)24-19-20-28-27-15-7-10-18-31(27)35(32(28)21-24)29-16-8-5-13-25(29)26-14-6-9-17-30(26)35/h2-21H,1H3. The molecule has 5 aromatic carbocycles. The number of rotatable bonds is 2. The minimum Gasteiger partial charge on any atom is -0.213 e. The lowest BCUT2D eigenvalue weighted by molar-refractivity contribution is 0.794. The molecule has 2 aliphatic rings. The van der Waals surface area contributed by atoms with E-state index >= 15 is 0 Å². The van der Waals surface area contributed by atoms with Crippen LogP contribution in [0.2, 0.25) is 0 Å². The van der Waals surface area contributed by atoms with Crippen molar-refractivity contribution in [1.82, 2.24) is 15.0 Å². The van der Waals surface area contributed by atoms with Crippen LogP contribution in [0.5, 0.6) is 0 Å². The predicted octanol–water partition coefficient (Wildman–Crippen LogP) is 7.86. The molecule has 178 valence electrons. The largest absolute Gasteiger partial charge is 0.213 e. The summed E-state index contributed by atoms with van der Waals surface area (Å²) in [6.07, 6.45) is 0. The maximum Gasteiger partial charge on any atom is 0.163 e. The van der Waals surface area contributed by atoms with Gasteiger partial charge in [-0.2, -0.15) is 0 Å². The molecule has 8 rings (SSSR count). The highest BCUT2D eigenvalue weighted by molar-refractivity contribution is 5.95. The number of hydrogen-bond acceptors (Lipinski definition) is 3. The van der Waals surface area contributed by atoms with Crippen molar-refractivity contribution in [3.8, 4) is 45.0 Å². The van der Waals surface area contributed by atoms with Crippen LogP contribution in [0.4, 0.5) is 0 Å². The zero-order chi connectivity index (χ0) is 25.3. The van der Waals surface area contributed by atoms with Crippen LogP contribution in [0.25, 0.3) is 45.0 Å². The molecule has 3 heteroatoms. The molecule has 0 saturated heterocycles. The van der Waals surface area contributed by atoms with Crippen LogP contribution < -0.4 is 0 Å². The number of hydrogen-bond donors (Lipinski definition) is 0. The molecule has 1 spiro atoms. The van der Waals surface area contributed by atoms with Gasteiger partial charge in [0.15, 0.2) is 11.6 Å². The Hall–Kier alpha value is -4.89. The van der Waals surface area contributed by atoms with Crippen molar-refractivity contribution in [2.45, 2.75) is 12.3 Å². The second-order valence-corrected chi connectivity index (χ2v) is 10.0.